The van der Waals surface area contributed by atoms with Gasteiger partial charge in [-0.3, -0.25) is 9.69 Å². The van der Waals surface area contributed by atoms with Gasteiger partial charge in [0.2, 0.25) is 0 Å². The lowest BCUT2D eigenvalue weighted by Crippen LogP contribution is -2.38. The molecular formula is C16H23ClN2O2. The number of hydrogen-bond acceptors (Lipinski definition) is 4. The number of carbonyl (C=O) groups excluding carboxylic acids is 1. The van der Waals surface area contributed by atoms with E-state index in [2.05, 4.69) is 15.7 Å². The van der Waals surface area contributed by atoms with Crippen molar-refractivity contribution >= 4 is 17.6 Å². The lowest BCUT2D eigenvalue weighted by molar-refractivity contribution is -0.142. The highest BCUT2D eigenvalue weighted by atomic mass is 35.5. The van der Waals surface area contributed by atoms with E-state index in [0.29, 0.717) is 5.92 Å². The molecule has 1 aliphatic rings. The lowest BCUT2D eigenvalue weighted by atomic mass is 9.90. The second-order valence-corrected chi connectivity index (χ2v) is 6.15. The van der Waals surface area contributed by atoms with Crippen LogP contribution in [0.5, 0.6) is 0 Å². The van der Waals surface area contributed by atoms with Crippen LogP contribution in [0.4, 0.5) is 0 Å². The summed E-state index contributed by atoms with van der Waals surface area (Å²) in [5.41, 5.74) is 7.07. The van der Waals surface area contributed by atoms with Crippen LogP contribution < -0.4 is 5.73 Å². The third kappa shape index (κ3) is 4.99. The van der Waals surface area contributed by atoms with Gasteiger partial charge in [-0.2, -0.15) is 0 Å². The van der Waals surface area contributed by atoms with Gasteiger partial charge in [0.15, 0.2) is 0 Å². The Labute approximate surface area is 131 Å². The first-order chi connectivity index (χ1) is 10.1. The smallest absolute Gasteiger partial charge is 0.322 e. The maximum atomic E-state index is 11.4. The Balaban J connectivity index is 1.77. The first-order valence-corrected chi connectivity index (χ1v) is 7.76. The summed E-state index contributed by atoms with van der Waals surface area (Å²) in [6, 6.07) is 7.51. The van der Waals surface area contributed by atoms with Crippen LogP contribution in [-0.2, 0) is 16.1 Å². The van der Waals surface area contributed by atoms with Crippen LogP contribution in [0.1, 0.15) is 24.8 Å². The van der Waals surface area contributed by atoms with Gasteiger partial charge in [-0.25, -0.2) is 0 Å². The van der Waals surface area contributed by atoms with E-state index >= 15 is 0 Å². The molecule has 1 heterocycles. The number of likely N-dealkylation sites (tertiary alicyclic amines) is 1. The Morgan fingerprint density at radius 3 is 2.81 bits per heavy atom. The number of halogens is 1. The minimum Gasteiger partial charge on any atom is -0.468 e. The van der Waals surface area contributed by atoms with Gasteiger partial charge in [-0.05, 0) is 56.0 Å². The van der Waals surface area contributed by atoms with Crippen LogP contribution >= 0.6 is 11.6 Å². The Morgan fingerprint density at radius 2 is 2.19 bits per heavy atom. The molecule has 5 heteroatoms. The zero-order chi connectivity index (χ0) is 15.2. The van der Waals surface area contributed by atoms with Crippen molar-refractivity contribution < 1.29 is 9.53 Å². The summed E-state index contributed by atoms with van der Waals surface area (Å²) in [5, 5.41) is 0.784. The van der Waals surface area contributed by atoms with E-state index in [9.17, 15) is 4.79 Å². The van der Waals surface area contributed by atoms with Gasteiger partial charge in [-0.15, -0.1) is 0 Å². The standard InChI is InChI=1S/C16H23ClN2O2/c1-21-16(20)15(18)10-12-5-7-19(8-6-12)11-13-3-2-4-14(17)9-13/h2-4,9,12,15H,5-8,10-11,18H2,1H3. The van der Waals surface area contributed by atoms with Gasteiger partial charge < -0.3 is 10.5 Å². The minimum absolute atomic E-state index is 0.309. The van der Waals surface area contributed by atoms with Crippen molar-refractivity contribution in [2.24, 2.45) is 11.7 Å². The number of methoxy groups -OCH3 is 1. The molecule has 116 valence electrons. The van der Waals surface area contributed by atoms with Gasteiger partial charge in [-0.1, -0.05) is 23.7 Å². The van der Waals surface area contributed by atoms with Crippen LogP contribution in [0.25, 0.3) is 0 Å². The van der Waals surface area contributed by atoms with E-state index in [0.717, 1.165) is 43.9 Å². The number of ether oxygens (including phenoxy) is 1. The highest BCUT2D eigenvalue weighted by Gasteiger charge is 2.24. The molecule has 0 spiro atoms. The first kappa shape index (κ1) is 16.3. The summed E-state index contributed by atoms with van der Waals surface area (Å²) in [6.45, 7) is 2.99. The highest BCUT2D eigenvalue weighted by Crippen LogP contribution is 2.23. The number of rotatable bonds is 5. The fourth-order valence-corrected chi connectivity index (χ4v) is 3.09. The van der Waals surface area contributed by atoms with E-state index in [4.69, 9.17) is 17.3 Å². The average molecular weight is 311 g/mol. The Kier molecular flexibility index (Phi) is 6.03. The number of carbonyl (C=O) groups is 1. The summed E-state index contributed by atoms with van der Waals surface area (Å²) in [6.07, 6.45) is 2.87. The van der Waals surface area contributed by atoms with Crippen molar-refractivity contribution in [1.29, 1.82) is 0 Å². The van der Waals surface area contributed by atoms with Gasteiger partial charge in [0.05, 0.1) is 7.11 Å². The monoisotopic (exact) mass is 310 g/mol. The van der Waals surface area contributed by atoms with Crippen LogP contribution in [0, 0.1) is 5.92 Å². The number of nitrogens with zero attached hydrogens (tertiary/aromatic N) is 1. The van der Waals surface area contributed by atoms with Gasteiger partial charge in [0, 0.05) is 11.6 Å². The predicted octanol–water partition coefficient (Wildman–Crippen LogP) is 2.44. The van der Waals surface area contributed by atoms with E-state index in [1.54, 1.807) is 0 Å². The van der Waals surface area contributed by atoms with E-state index in [1.807, 2.05) is 18.2 Å². The van der Waals surface area contributed by atoms with Crippen molar-refractivity contribution in [3.05, 3.63) is 34.9 Å². The number of esters is 1. The van der Waals surface area contributed by atoms with Crippen molar-refractivity contribution in [1.82, 2.24) is 4.90 Å². The number of benzene rings is 1. The summed E-state index contributed by atoms with van der Waals surface area (Å²) in [4.78, 5) is 13.8. The molecule has 0 aromatic heterocycles. The molecule has 1 aromatic carbocycles. The lowest BCUT2D eigenvalue weighted by Gasteiger charge is -2.32. The molecule has 21 heavy (non-hydrogen) atoms. The molecule has 2 rings (SSSR count). The molecule has 0 radical (unpaired) electrons. The molecule has 4 nitrogen and oxygen atoms in total. The van der Waals surface area contributed by atoms with Crippen molar-refractivity contribution in [2.45, 2.75) is 31.8 Å². The number of piperidine rings is 1. The second kappa shape index (κ2) is 7.78. The largest absolute Gasteiger partial charge is 0.468 e. The second-order valence-electron chi connectivity index (χ2n) is 5.71. The first-order valence-electron chi connectivity index (χ1n) is 7.38. The van der Waals surface area contributed by atoms with Crippen LogP contribution in [-0.4, -0.2) is 37.1 Å². The van der Waals surface area contributed by atoms with Crippen LogP contribution in [0.2, 0.25) is 5.02 Å². The summed E-state index contributed by atoms with van der Waals surface area (Å²) >= 11 is 6.01. The van der Waals surface area contributed by atoms with Gasteiger partial charge >= 0.3 is 5.97 Å². The fraction of sp³-hybridized carbons (Fsp3) is 0.562. The zero-order valence-corrected chi connectivity index (χ0v) is 13.2. The summed E-state index contributed by atoms with van der Waals surface area (Å²) in [7, 11) is 1.38. The fourth-order valence-electron chi connectivity index (χ4n) is 2.88. The SMILES string of the molecule is COC(=O)C(N)CC1CCN(Cc2cccc(Cl)c2)CC1. The molecule has 0 amide bonds. The molecule has 0 aliphatic carbocycles. The number of nitrogens with two attached hydrogens (primary N) is 1. The Bertz CT molecular complexity index is 473. The maximum absolute atomic E-state index is 11.4. The molecule has 2 N–H and O–H groups in total. The number of hydrogen-bond donors (Lipinski definition) is 1. The van der Waals surface area contributed by atoms with E-state index in [-0.39, 0.29) is 5.97 Å². The highest BCUT2D eigenvalue weighted by molar-refractivity contribution is 6.30. The molecule has 1 fully saturated rings. The molecule has 1 aliphatic heterocycles. The van der Waals surface area contributed by atoms with Crippen LogP contribution in [0.15, 0.2) is 24.3 Å². The maximum Gasteiger partial charge on any atom is 0.322 e. The molecule has 0 saturated carbocycles. The summed E-state index contributed by atoms with van der Waals surface area (Å²) in [5.74, 6) is 0.200. The molecular weight excluding hydrogens is 288 g/mol. The van der Waals surface area contributed by atoms with Gasteiger partial charge in [0.1, 0.15) is 6.04 Å². The quantitative estimate of drug-likeness (QED) is 0.849. The Hall–Kier alpha value is -1.10. The average Bonchev–Trinajstić information content (AvgIpc) is 2.48. The normalized spacial score (nSPS) is 18.4. The molecule has 1 unspecified atom stereocenters. The third-order valence-corrected chi connectivity index (χ3v) is 4.33. The van der Waals surface area contributed by atoms with Crippen molar-refractivity contribution in [2.75, 3.05) is 20.2 Å². The predicted molar refractivity (Wildman–Crippen MR) is 84.1 cm³/mol. The topological polar surface area (TPSA) is 55.6 Å². The third-order valence-electron chi connectivity index (χ3n) is 4.09. The molecule has 1 atom stereocenters. The minimum atomic E-state index is -0.487. The van der Waals surface area contributed by atoms with Crippen molar-refractivity contribution in [3.8, 4) is 0 Å². The molecule has 1 saturated heterocycles. The Morgan fingerprint density at radius 1 is 1.48 bits per heavy atom. The van der Waals surface area contributed by atoms with E-state index in [1.165, 1.54) is 12.7 Å². The van der Waals surface area contributed by atoms with Crippen molar-refractivity contribution in [3.63, 3.8) is 0 Å². The van der Waals surface area contributed by atoms with Gasteiger partial charge in [0.25, 0.3) is 0 Å². The summed E-state index contributed by atoms with van der Waals surface area (Å²) < 4.78 is 4.68. The molecule has 1 aromatic rings. The van der Waals surface area contributed by atoms with E-state index < -0.39 is 6.04 Å². The zero-order valence-electron chi connectivity index (χ0n) is 12.4. The molecule has 0 bridgehead atoms. The van der Waals surface area contributed by atoms with Crippen LogP contribution in [0.3, 0.4) is 0 Å².